The molecule has 0 aliphatic rings. The summed E-state index contributed by atoms with van der Waals surface area (Å²) in [6.45, 7) is 4.40. The summed E-state index contributed by atoms with van der Waals surface area (Å²) in [4.78, 5) is 3.54. The summed E-state index contributed by atoms with van der Waals surface area (Å²) < 4.78 is 5.44. The minimum Gasteiger partial charge on any atom is -0.467 e. The van der Waals surface area contributed by atoms with Gasteiger partial charge in [-0.3, -0.25) is 0 Å². The van der Waals surface area contributed by atoms with Crippen molar-refractivity contribution in [2.24, 2.45) is 5.73 Å². The molecule has 1 aromatic heterocycles. The maximum absolute atomic E-state index is 5.93. The molecule has 0 saturated heterocycles. The van der Waals surface area contributed by atoms with Crippen molar-refractivity contribution >= 4 is 17.4 Å². The van der Waals surface area contributed by atoms with Crippen molar-refractivity contribution in [1.29, 1.82) is 0 Å². The summed E-state index contributed by atoms with van der Waals surface area (Å²) in [7, 11) is 0. The fourth-order valence-electron chi connectivity index (χ4n) is 2.20. The Morgan fingerprint density at radius 2 is 2.11 bits per heavy atom. The number of nitrogens with zero attached hydrogens (tertiary/aromatic N) is 1. The first-order valence-corrected chi connectivity index (χ1v) is 7.65. The Bertz CT molecular complexity index is 511. The van der Waals surface area contributed by atoms with Crippen molar-refractivity contribution in [1.82, 2.24) is 0 Å². The van der Waals surface area contributed by atoms with E-state index in [1.54, 1.807) is 18.0 Å². The molecule has 2 rings (SSSR count). The van der Waals surface area contributed by atoms with Gasteiger partial charge in [-0.05, 0) is 37.4 Å². The largest absolute Gasteiger partial charge is 0.467 e. The Kier molecular flexibility index (Phi) is 4.93. The van der Waals surface area contributed by atoms with Crippen molar-refractivity contribution in [3.63, 3.8) is 0 Å². The van der Waals surface area contributed by atoms with Crippen molar-refractivity contribution < 1.29 is 4.42 Å². The lowest BCUT2D eigenvalue weighted by molar-refractivity contribution is 0.503. The smallest absolute Gasteiger partial charge is 0.123 e. The highest BCUT2D eigenvalue weighted by Gasteiger charge is 2.13. The third kappa shape index (κ3) is 3.14. The van der Waals surface area contributed by atoms with Crippen LogP contribution >= 0.6 is 11.8 Å². The number of rotatable bonds is 6. The molecule has 0 amide bonds. The Morgan fingerprint density at radius 1 is 1.26 bits per heavy atom. The normalized spacial score (nSPS) is 10.7. The van der Waals surface area contributed by atoms with Gasteiger partial charge >= 0.3 is 0 Å². The number of benzene rings is 1. The molecule has 3 nitrogen and oxygen atoms in total. The maximum atomic E-state index is 5.93. The summed E-state index contributed by atoms with van der Waals surface area (Å²) in [5, 5.41) is 0. The Labute approximate surface area is 118 Å². The van der Waals surface area contributed by atoms with E-state index in [-0.39, 0.29) is 0 Å². The van der Waals surface area contributed by atoms with E-state index in [0.29, 0.717) is 6.54 Å². The molecule has 0 bridgehead atoms. The molecular weight excluding hydrogens is 256 g/mol. The van der Waals surface area contributed by atoms with Crippen LogP contribution in [-0.4, -0.2) is 12.8 Å². The minimum atomic E-state index is 0.557. The predicted octanol–water partition coefficient (Wildman–Crippen LogP) is 3.49. The lowest BCUT2D eigenvalue weighted by atomic mass is 10.1. The molecule has 19 heavy (non-hydrogen) atoms. The van der Waals surface area contributed by atoms with Gasteiger partial charge in [0.05, 0.1) is 12.8 Å². The molecule has 4 heteroatoms. The molecule has 1 aromatic carbocycles. The van der Waals surface area contributed by atoms with E-state index in [0.717, 1.165) is 18.8 Å². The van der Waals surface area contributed by atoms with Crippen molar-refractivity contribution in [3.8, 4) is 0 Å². The van der Waals surface area contributed by atoms with Crippen LogP contribution in [0.15, 0.2) is 45.9 Å². The second-order valence-corrected chi connectivity index (χ2v) is 5.10. The predicted molar refractivity (Wildman–Crippen MR) is 81.5 cm³/mol. The maximum Gasteiger partial charge on any atom is 0.123 e. The second kappa shape index (κ2) is 6.68. The summed E-state index contributed by atoms with van der Waals surface area (Å²) in [5.74, 6) is 0.972. The van der Waals surface area contributed by atoms with Crippen LogP contribution in [0.3, 0.4) is 0 Å². The van der Waals surface area contributed by atoms with Crippen LogP contribution in [0, 0.1) is 0 Å². The van der Waals surface area contributed by atoms with E-state index in [9.17, 15) is 0 Å². The third-order valence-electron chi connectivity index (χ3n) is 3.18. The molecule has 0 saturated carbocycles. The van der Waals surface area contributed by atoms with Gasteiger partial charge in [0.15, 0.2) is 0 Å². The molecule has 0 spiro atoms. The molecule has 0 unspecified atom stereocenters. The van der Waals surface area contributed by atoms with Gasteiger partial charge < -0.3 is 15.1 Å². The Hall–Kier alpha value is -1.39. The Morgan fingerprint density at radius 3 is 2.68 bits per heavy atom. The van der Waals surface area contributed by atoms with Crippen molar-refractivity contribution in [2.75, 3.05) is 17.7 Å². The van der Waals surface area contributed by atoms with Crippen molar-refractivity contribution in [3.05, 3.63) is 47.9 Å². The highest BCUT2D eigenvalue weighted by atomic mass is 32.2. The first-order chi connectivity index (χ1) is 9.30. The summed E-state index contributed by atoms with van der Waals surface area (Å²) >= 11 is 1.74. The van der Waals surface area contributed by atoms with E-state index < -0.39 is 0 Å². The first-order valence-electron chi connectivity index (χ1n) is 6.43. The van der Waals surface area contributed by atoms with Gasteiger partial charge in [0.2, 0.25) is 0 Å². The molecule has 102 valence electrons. The van der Waals surface area contributed by atoms with Gasteiger partial charge in [-0.25, -0.2) is 0 Å². The first kappa shape index (κ1) is 14.0. The van der Waals surface area contributed by atoms with Gasteiger partial charge in [-0.1, -0.05) is 6.07 Å². The van der Waals surface area contributed by atoms with Crippen LogP contribution in [0.4, 0.5) is 5.69 Å². The number of nitrogens with two attached hydrogens (primary N) is 1. The monoisotopic (exact) mass is 276 g/mol. The van der Waals surface area contributed by atoms with E-state index in [2.05, 4.69) is 36.3 Å². The zero-order chi connectivity index (χ0) is 13.7. The molecule has 2 aromatic rings. The molecule has 2 N–H and O–H groups in total. The lowest BCUT2D eigenvalue weighted by Crippen LogP contribution is -2.23. The fraction of sp³-hybridized carbons (Fsp3) is 0.333. The van der Waals surface area contributed by atoms with Gasteiger partial charge in [-0.2, -0.15) is 0 Å². The van der Waals surface area contributed by atoms with Crippen LogP contribution < -0.4 is 10.6 Å². The number of hydrogen-bond donors (Lipinski definition) is 1. The molecule has 0 radical (unpaired) electrons. The number of anilines is 1. The molecule has 1 heterocycles. The molecule has 0 aliphatic heterocycles. The van der Waals surface area contributed by atoms with Crippen LogP contribution in [0.5, 0.6) is 0 Å². The van der Waals surface area contributed by atoms with Crippen LogP contribution in [-0.2, 0) is 13.1 Å². The summed E-state index contributed by atoms with van der Waals surface area (Å²) in [5.41, 5.74) is 8.34. The Balaban J connectivity index is 2.32. The fourth-order valence-corrected chi connectivity index (χ4v) is 2.85. The van der Waals surface area contributed by atoms with Crippen LogP contribution in [0.1, 0.15) is 18.2 Å². The topological polar surface area (TPSA) is 42.4 Å². The third-order valence-corrected chi connectivity index (χ3v) is 4.00. The number of thioether (sulfide) groups is 1. The second-order valence-electron chi connectivity index (χ2n) is 4.26. The van der Waals surface area contributed by atoms with E-state index >= 15 is 0 Å². The number of hydrogen-bond acceptors (Lipinski definition) is 4. The quantitative estimate of drug-likeness (QED) is 0.820. The van der Waals surface area contributed by atoms with E-state index in [4.69, 9.17) is 10.2 Å². The summed E-state index contributed by atoms with van der Waals surface area (Å²) in [6, 6.07) is 10.3. The highest BCUT2D eigenvalue weighted by Crippen LogP contribution is 2.30. The highest BCUT2D eigenvalue weighted by molar-refractivity contribution is 7.98. The SMILES string of the molecule is CCN(Cc1ccco1)c1cccc(SC)c1CN. The zero-order valence-corrected chi connectivity index (χ0v) is 12.2. The molecule has 0 aliphatic carbocycles. The van der Waals surface area contributed by atoms with Gasteiger partial charge in [0.1, 0.15) is 5.76 Å². The summed E-state index contributed by atoms with van der Waals surface area (Å²) in [6.07, 6.45) is 3.80. The molecule has 0 fully saturated rings. The lowest BCUT2D eigenvalue weighted by Gasteiger charge is -2.25. The van der Waals surface area contributed by atoms with Crippen LogP contribution in [0.2, 0.25) is 0 Å². The van der Waals surface area contributed by atoms with E-state index in [1.165, 1.54) is 16.1 Å². The van der Waals surface area contributed by atoms with Gasteiger partial charge in [0, 0.05) is 29.2 Å². The van der Waals surface area contributed by atoms with Gasteiger partial charge in [0.25, 0.3) is 0 Å². The van der Waals surface area contributed by atoms with E-state index in [1.807, 2.05) is 12.1 Å². The average molecular weight is 276 g/mol. The van der Waals surface area contributed by atoms with Gasteiger partial charge in [-0.15, -0.1) is 11.8 Å². The average Bonchev–Trinajstić information content (AvgIpc) is 2.96. The molecular formula is C15H20N2OS. The molecule has 0 atom stereocenters. The number of furan rings is 1. The zero-order valence-electron chi connectivity index (χ0n) is 11.4. The standard InChI is InChI=1S/C15H20N2OS/c1-3-17(11-12-6-5-9-18-12)14-7-4-8-15(19-2)13(14)10-16/h4-9H,3,10-11,16H2,1-2H3. The van der Waals surface area contributed by atoms with Crippen LogP contribution in [0.25, 0.3) is 0 Å². The van der Waals surface area contributed by atoms with Crippen molar-refractivity contribution in [2.45, 2.75) is 24.9 Å². The minimum absolute atomic E-state index is 0.557.